The fraction of sp³-hybridized carbons (Fsp3) is 0. The molecule has 0 spiro atoms. The van der Waals surface area contributed by atoms with Crippen molar-refractivity contribution >= 4 is 26.7 Å². The van der Waals surface area contributed by atoms with E-state index in [9.17, 15) is 13.5 Å². The smallest absolute Gasteiger partial charge is 0.282 e. The van der Waals surface area contributed by atoms with Gasteiger partial charge in [-0.2, -0.15) is 12.8 Å². The van der Waals surface area contributed by atoms with Gasteiger partial charge in [0.05, 0.1) is 4.90 Å². The molecular formula is C11H6NO3S-. The van der Waals surface area contributed by atoms with Crippen LogP contribution in [0.4, 0.5) is 0 Å². The molecule has 0 aliphatic carbocycles. The topological polar surface area (TPSA) is 69.6 Å². The SMILES string of the molecule is O=S1(=O)N=C([O-])c2cccc3cccc1c23. The molecule has 0 amide bonds. The zero-order valence-electron chi connectivity index (χ0n) is 8.04. The summed E-state index contributed by atoms with van der Waals surface area (Å²) in [5.41, 5.74) is 0.350. The Labute approximate surface area is 91.9 Å². The van der Waals surface area contributed by atoms with Crippen molar-refractivity contribution < 1.29 is 13.5 Å². The van der Waals surface area contributed by atoms with Crippen molar-refractivity contribution in [2.75, 3.05) is 0 Å². The van der Waals surface area contributed by atoms with Gasteiger partial charge in [-0.1, -0.05) is 30.3 Å². The zero-order chi connectivity index (χ0) is 11.3. The summed E-state index contributed by atoms with van der Waals surface area (Å²) in [4.78, 5) is 0.111. The van der Waals surface area contributed by atoms with Gasteiger partial charge >= 0.3 is 0 Å². The van der Waals surface area contributed by atoms with Crippen molar-refractivity contribution in [2.24, 2.45) is 4.40 Å². The Balaban J connectivity index is 2.64. The molecule has 16 heavy (non-hydrogen) atoms. The highest BCUT2D eigenvalue weighted by Gasteiger charge is 2.22. The first-order valence-corrected chi connectivity index (χ1v) is 6.08. The number of hydrogen-bond donors (Lipinski definition) is 0. The van der Waals surface area contributed by atoms with Gasteiger partial charge in [0.2, 0.25) is 0 Å². The van der Waals surface area contributed by atoms with Crippen LogP contribution in [0.3, 0.4) is 0 Å². The molecular weight excluding hydrogens is 226 g/mol. The maximum absolute atomic E-state index is 11.7. The molecule has 0 fully saturated rings. The number of sulfonamides is 1. The predicted octanol–water partition coefficient (Wildman–Crippen LogP) is 0.649. The van der Waals surface area contributed by atoms with E-state index in [4.69, 9.17) is 0 Å². The third kappa shape index (κ3) is 1.09. The maximum atomic E-state index is 11.7. The normalized spacial score (nSPS) is 17.1. The minimum atomic E-state index is -3.82. The fourth-order valence-electron chi connectivity index (χ4n) is 1.91. The number of benzene rings is 2. The van der Waals surface area contributed by atoms with Crippen LogP contribution in [0.5, 0.6) is 0 Å². The van der Waals surface area contributed by atoms with Crippen LogP contribution in [0.2, 0.25) is 0 Å². The van der Waals surface area contributed by atoms with E-state index in [0.717, 1.165) is 5.39 Å². The van der Waals surface area contributed by atoms with Gasteiger partial charge < -0.3 is 5.11 Å². The first kappa shape index (κ1) is 9.35. The molecule has 0 saturated carbocycles. The second-order valence-electron chi connectivity index (χ2n) is 3.53. The molecule has 1 heterocycles. The zero-order valence-corrected chi connectivity index (χ0v) is 8.86. The van der Waals surface area contributed by atoms with Crippen LogP contribution in [-0.2, 0) is 10.0 Å². The lowest BCUT2D eigenvalue weighted by molar-refractivity contribution is -0.212. The van der Waals surface area contributed by atoms with Crippen molar-refractivity contribution in [2.45, 2.75) is 4.90 Å². The maximum Gasteiger partial charge on any atom is 0.282 e. The van der Waals surface area contributed by atoms with Crippen LogP contribution in [0, 0.1) is 0 Å². The van der Waals surface area contributed by atoms with Gasteiger partial charge in [-0.25, -0.2) is 0 Å². The number of rotatable bonds is 0. The first-order valence-electron chi connectivity index (χ1n) is 4.64. The Morgan fingerprint density at radius 1 is 1.06 bits per heavy atom. The molecule has 2 aromatic carbocycles. The summed E-state index contributed by atoms with van der Waals surface area (Å²) >= 11 is 0. The van der Waals surface area contributed by atoms with Crippen LogP contribution in [0.1, 0.15) is 5.56 Å². The summed E-state index contributed by atoms with van der Waals surface area (Å²) in [6.07, 6.45) is 0. The van der Waals surface area contributed by atoms with Gasteiger partial charge in [-0.05, 0) is 17.0 Å². The molecule has 0 unspecified atom stereocenters. The summed E-state index contributed by atoms with van der Waals surface area (Å²) in [6.45, 7) is 0. The minimum Gasteiger partial charge on any atom is -0.858 e. The fourth-order valence-corrected chi connectivity index (χ4v) is 3.06. The minimum absolute atomic E-state index is 0.111. The Bertz CT molecular complexity index is 727. The number of nitrogens with zero attached hydrogens (tertiary/aromatic N) is 1. The summed E-state index contributed by atoms with van der Waals surface area (Å²) in [7, 11) is -3.82. The summed E-state index contributed by atoms with van der Waals surface area (Å²) in [6, 6.07) is 9.97. The van der Waals surface area contributed by atoms with E-state index < -0.39 is 15.9 Å². The van der Waals surface area contributed by atoms with Gasteiger partial charge in [0, 0.05) is 11.3 Å². The molecule has 0 atom stereocenters. The third-order valence-electron chi connectivity index (χ3n) is 2.58. The lowest BCUT2D eigenvalue weighted by atomic mass is 10.0. The van der Waals surface area contributed by atoms with Crippen molar-refractivity contribution in [1.82, 2.24) is 0 Å². The van der Waals surface area contributed by atoms with Crippen LogP contribution in [0.15, 0.2) is 45.7 Å². The molecule has 0 bridgehead atoms. The van der Waals surface area contributed by atoms with Crippen LogP contribution >= 0.6 is 0 Å². The highest BCUT2D eigenvalue weighted by atomic mass is 32.2. The van der Waals surface area contributed by atoms with Crippen LogP contribution in [-0.4, -0.2) is 14.3 Å². The quantitative estimate of drug-likeness (QED) is 0.669. The van der Waals surface area contributed by atoms with Gasteiger partial charge in [-0.15, -0.1) is 0 Å². The first-order chi connectivity index (χ1) is 7.59. The van der Waals surface area contributed by atoms with E-state index in [1.54, 1.807) is 30.3 Å². The largest absolute Gasteiger partial charge is 0.858 e. The standard InChI is InChI=1S/C11H7NO3S/c13-11-8-5-1-3-7-4-2-6-9(10(7)8)16(14,15)12-11/h1-6H,(H,12,13)/p-1. The van der Waals surface area contributed by atoms with E-state index in [0.29, 0.717) is 10.9 Å². The Kier molecular flexibility index (Phi) is 1.65. The monoisotopic (exact) mass is 232 g/mol. The van der Waals surface area contributed by atoms with Crippen molar-refractivity contribution in [3.05, 3.63) is 42.0 Å². The molecule has 0 N–H and O–H groups in total. The summed E-state index contributed by atoms with van der Waals surface area (Å²) in [5.74, 6) is -0.690. The third-order valence-corrected chi connectivity index (χ3v) is 3.88. The molecule has 0 aromatic heterocycles. The Morgan fingerprint density at radius 3 is 2.50 bits per heavy atom. The van der Waals surface area contributed by atoms with Gasteiger partial charge in [0.15, 0.2) is 0 Å². The molecule has 0 saturated heterocycles. The van der Waals surface area contributed by atoms with E-state index in [-0.39, 0.29) is 4.90 Å². The van der Waals surface area contributed by atoms with E-state index >= 15 is 0 Å². The lowest BCUT2D eigenvalue weighted by Crippen LogP contribution is -2.24. The van der Waals surface area contributed by atoms with Crippen molar-refractivity contribution in [3.8, 4) is 0 Å². The average molecular weight is 232 g/mol. The van der Waals surface area contributed by atoms with E-state index in [2.05, 4.69) is 4.40 Å². The van der Waals surface area contributed by atoms with Gasteiger partial charge in [-0.3, -0.25) is 0 Å². The van der Waals surface area contributed by atoms with Gasteiger partial charge in [0.25, 0.3) is 10.0 Å². The predicted molar refractivity (Wildman–Crippen MR) is 57.7 cm³/mol. The van der Waals surface area contributed by atoms with Crippen molar-refractivity contribution in [3.63, 3.8) is 0 Å². The Hall–Kier alpha value is -1.88. The highest BCUT2D eigenvalue weighted by Crippen LogP contribution is 2.31. The molecule has 2 aromatic rings. The van der Waals surface area contributed by atoms with Gasteiger partial charge in [0.1, 0.15) is 0 Å². The van der Waals surface area contributed by atoms with Crippen LogP contribution in [0.25, 0.3) is 10.8 Å². The summed E-state index contributed by atoms with van der Waals surface area (Å²) < 4.78 is 26.6. The second kappa shape index (κ2) is 2.82. The van der Waals surface area contributed by atoms with Crippen molar-refractivity contribution in [1.29, 1.82) is 0 Å². The molecule has 0 radical (unpaired) electrons. The molecule has 3 rings (SSSR count). The average Bonchev–Trinajstić information content (AvgIpc) is 2.25. The molecule has 5 heteroatoms. The van der Waals surface area contributed by atoms with Crippen LogP contribution < -0.4 is 5.11 Å². The number of hydrogen-bond acceptors (Lipinski definition) is 3. The molecule has 1 aliphatic heterocycles. The van der Waals surface area contributed by atoms with E-state index in [1.165, 1.54) is 6.07 Å². The lowest BCUT2D eigenvalue weighted by Gasteiger charge is -2.19. The Morgan fingerprint density at radius 2 is 1.75 bits per heavy atom. The summed E-state index contributed by atoms with van der Waals surface area (Å²) in [5, 5.41) is 12.8. The molecule has 4 nitrogen and oxygen atoms in total. The highest BCUT2D eigenvalue weighted by molar-refractivity contribution is 7.90. The molecule has 1 aliphatic rings. The molecule has 80 valence electrons. The second-order valence-corrected chi connectivity index (χ2v) is 5.10. The van der Waals surface area contributed by atoms with E-state index in [1.807, 2.05) is 0 Å².